The second-order valence-electron chi connectivity index (χ2n) is 6.09. The van der Waals surface area contributed by atoms with E-state index in [2.05, 4.69) is 103 Å². The Morgan fingerprint density at radius 3 is 2.13 bits per heavy atom. The molecule has 112 valence electrons. The van der Waals surface area contributed by atoms with Gasteiger partial charge >= 0.3 is 0 Å². The summed E-state index contributed by atoms with van der Waals surface area (Å²) < 4.78 is 0. The average Bonchev–Trinajstić information content (AvgIpc) is 2.62. The molecule has 0 saturated heterocycles. The standard InChI is InChI=1S/C22H19N/c1-17-11-13-20(14-12-17)22(19-8-3-2-4-9-19)16-15-18-7-5-6-10-21(18)23-22/h2-16,23H,1H3. The summed E-state index contributed by atoms with van der Waals surface area (Å²) in [5, 5.41) is 3.78. The van der Waals surface area contributed by atoms with Gasteiger partial charge in [-0.15, -0.1) is 0 Å². The van der Waals surface area contributed by atoms with E-state index in [9.17, 15) is 0 Å². The van der Waals surface area contributed by atoms with Gasteiger partial charge in [0.15, 0.2) is 0 Å². The number of benzene rings is 3. The van der Waals surface area contributed by atoms with Gasteiger partial charge in [0.05, 0.1) is 0 Å². The molecule has 0 bridgehead atoms. The van der Waals surface area contributed by atoms with Gasteiger partial charge in [-0.3, -0.25) is 0 Å². The normalized spacial score (nSPS) is 19.0. The number of hydrogen-bond acceptors (Lipinski definition) is 1. The predicted molar refractivity (Wildman–Crippen MR) is 97.5 cm³/mol. The Morgan fingerprint density at radius 2 is 1.35 bits per heavy atom. The highest BCUT2D eigenvalue weighted by atomic mass is 15.0. The smallest absolute Gasteiger partial charge is 0.107 e. The zero-order valence-corrected chi connectivity index (χ0v) is 13.2. The van der Waals surface area contributed by atoms with Crippen molar-refractivity contribution in [2.45, 2.75) is 12.5 Å². The maximum atomic E-state index is 3.78. The summed E-state index contributed by atoms with van der Waals surface area (Å²) in [6, 6.07) is 27.9. The molecule has 0 saturated carbocycles. The molecule has 4 rings (SSSR count). The first-order valence-corrected chi connectivity index (χ1v) is 7.97. The number of nitrogens with one attached hydrogen (secondary N) is 1. The van der Waals surface area contributed by atoms with Crippen molar-refractivity contribution in [3.8, 4) is 0 Å². The molecule has 1 aliphatic rings. The van der Waals surface area contributed by atoms with Gasteiger partial charge in [0.2, 0.25) is 0 Å². The molecule has 1 heteroatoms. The number of para-hydroxylation sites is 1. The van der Waals surface area contributed by atoms with Gasteiger partial charge in [-0.05, 0) is 35.8 Å². The minimum absolute atomic E-state index is 0.330. The average molecular weight is 297 g/mol. The van der Waals surface area contributed by atoms with Gasteiger partial charge in [-0.25, -0.2) is 0 Å². The Labute approximate surface area is 137 Å². The van der Waals surface area contributed by atoms with Crippen molar-refractivity contribution in [3.05, 3.63) is 107 Å². The number of fused-ring (bicyclic) bond motifs is 1. The van der Waals surface area contributed by atoms with Crippen LogP contribution in [0.3, 0.4) is 0 Å². The lowest BCUT2D eigenvalue weighted by Crippen LogP contribution is -2.36. The summed E-state index contributed by atoms with van der Waals surface area (Å²) in [5.74, 6) is 0. The third kappa shape index (κ3) is 2.35. The minimum atomic E-state index is -0.330. The molecule has 0 radical (unpaired) electrons. The lowest BCUT2D eigenvalue weighted by atomic mass is 9.79. The van der Waals surface area contributed by atoms with E-state index < -0.39 is 0 Å². The quantitative estimate of drug-likeness (QED) is 0.670. The van der Waals surface area contributed by atoms with E-state index in [0.717, 1.165) is 0 Å². The fourth-order valence-electron chi connectivity index (χ4n) is 3.25. The van der Waals surface area contributed by atoms with Crippen molar-refractivity contribution in [1.82, 2.24) is 0 Å². The summed E-state index contributed by atoms with van der Waals surface area (Å²) >= 11 is 0. The van der Waals surface area contributed by atoms with Gasteiger partial charge in [0.1, 0.15) is 5.54 Å². The second kappa shape index (κ2) is 5.44. The van der Waals surface area contributed by atoms with E-state index in [-0.39, 0.29) is 5.54 Å². The molecule has 23 heavy (non-hydrogen) atoms. The van der Waals surface area contributed by atoms with Crippen molar-refractivity contribution in [2.75, 3.05) is 5.32 Å². The van der Waals surface area contributed by atoms with Crippen LogP contribution in [-0.2, 0) is 5.54 Å². The molecule has 1 unspecified atom stereocenters. The molecular formula is C22H19N. The second-order valence-corrected chi connectivity index (χ2v) is 6.09. The zero-order chi connectivity index (χ0) is 15.7. The summed E-state index contributed by atoms with van der Waals surface area (Å²) in [6.07, 6.45) is 4.49. The molecule has 0 amide bonds. The van der Waals surface area contributed by atoms with Crippen LogP contribution >= 0.6 is 0 Å². The third-order valence-electron chi connectivity index (χ3n) is 4.54. The highest BCUT2D eigenvalue weighted by molar-refractivity contribution is 5.75. The molecule has 1 nitrogen and oxygen atoms in total. The van der Waals surface area contributed by atoms with Crippen LogP contribution in [0.25, 0.3) is 6.08 Å². The Bertz CT molecular complexity index is 847. The Hall–Kier alpha value is -2.80. The van der Waals surface area contributed by atoms with E-state index in [1.807, 2.05) is 0 Å². The number of rotatable bonds is 2. The van der Waals surface area contributed by atoms with Gasteiger partial charge in [0.25, 0.3) is 0 Å². The van der Waals surface area contributed by atoms with Crippen molar-refractivity contribution in [2.24, 2.45) is 0 Å². The van der Waals surface area contributed by atoms with E-state index in [1.54, 1.807) is 0 Å². The monoisotopic (exact) mass is 297 g/mol. The van der Waals surface area contributed by atoms with Crippen LogP contribution in [-0.4, -0.2) is 0 Å². The number of anilines is 1. The highest BCUT2D eigenvalue weighted by Crippen LogP contribution is 2.40. The van der Waals surface area contributed by atoms with E-state index in [4.69, 9.17) is 0 Å². The molecule has 0 aliphatic carbocycles. The lowest BCUT2D eigenvalue weighted by molar-refractivity contribution is 0.741. The predicted octanol–water partition coefficient (Wildman–Crippen LogP) is 5.38. The first-order chi connectivity index (χ1) is 11.3. The van der Waals surface area contributed by atoms with Crippen LogP contribution < -0.4 is 5.32 Å². The summed E-state index contributed by atoms with van der Waals surface area (Å²) in [6.45, 7) is 2.12. The fourth-order valence-corrected chi connectivity index (χ4v) is 3.25. The Morgan fingerprint density at radius 1 is 0.696 bits per heavy atom. The van der Waals surface area contributed by atoms with E-state index in [0.29, 0.717) is 0 Å². The van der Waals surface area contributed by atoms with Gasteiger partial charge in [-0.2, -0.15) is 0 Å². The van der Waals surface area contributed by atoms with Gasteiger partial charge in [0, 0.05) is 5.69 Å². The fraction of sp³-hybridized carbons (Fsp3) is 0.0909. The molecule has 3 aromatic rings. The van der Waals surface area contributed by atoms with Crippen LogP contribution in [0, 0.1) is 6.92 Å². The van der Waals surface area contributed by atoms with Crippen molar-refractivity contribution < 1.29 is 0 Å². The van der Waals surface area contributed by atoms with Crippen molar-refractivity contribution >= 4 is 11.8 Å². The molecule has 1 N–H and O–H groups in total. The molecule has 1 atom stereocenters. The molecule has 0 fully saturated rings. The zero-order valence-electron chi connectivity index (χ0n) is 13.2. The Kier molecular flexibility index (Phi) is 3.27. The maximum absolute atomic E-state index is 3.78. The van der Waals surface area contributed by atoms with Crippen LogP contribution in [0.5, 0.6) is 0 Å². The molecular weight excluding hydrogens is 278 g/mol. The van der Waals surface area contributed by atoms with E-state index in [1.165, 1.54) is 27.9 Å². The highest BCUT2D eigenvalue weighted by Gasteiger charge is 2.33. The van der Waals surface area contributed by atoms with Gasteiger partial charge < -0.3 is 5.32 Å². The first-order valence-electron chi connectivity index (χ1n) is 7.97. The maximum Gasteiger partial charge on any atom is 0.107 e. The lowest BCUT2D eigenvalue weighted by Gasteiger charge is -2.37. The van der Waals surface area contributed by atoms with Crippen LogP contribution in [0.4, 0.5) is 5.69 Å². The summed E-state index contributed by atoms with van der Waals surface area (Å²) in [7, 11) is 0. The Balaban J connectivity index is 1.92. The van der Waals surface area contributed by atoms with Crippen LogP contribution in [0.15, 0.2) is 84.9 Å². The van der Waals surface area contributed by atoms with Crippen LogP contribution in [0.1, 0.15) is 22.3 Å². The van der Waals surface area contributed by atoms with E-state index >= 15 is 0 Å². The van der Waals surface area contributed by atoms with Crippen molar-refractivity contribution in [1.29, 1.82) is 0 Å². The van der Waals surface area contributed by atoms with Crippen molar-refractivity contribution in [3.63, 3.8) is 0 Å². The third-order valence-corrected chi connectivity index (χ3v) is 4.54. The SMILES string of the molecule is Cc1ccc(C2(c3ccccc3)C=Cc3ccccc3N2)cc1. The van der Waals surface area contributed by atoms with Crippen LogP contribution in [0.2, 0.25) is 0 Å². The van der Waals surface area contributed by atoms with Gasteiger partial charge in [-0.1, -0.05) is 84.4 Å². The largest absolute Gasteiger partial charge is 0.368 e. The molecule has 3 aromatic carbocycles. The number of aryl methyl sites for hydroxylation is 1. The number of hydrogen-bond donors (Lipinski definition) is 1. The molecule has 0 spiro atoms. The topological polar surface area (TPSA) is 12.0 Å². The molecule has 1 heterocycles. The molecule has 0 aromatic heterocycles. The summed E-state index contributed by atoms with van der Waals surface area (Å²) in [5.41, 5.74) is 5.83. The first kappa shape index (κ1) is 13.8. The minimum Gasteiger partial charge on any atom is -0.368 e. The molecule has 1 aliphatic heterocycles. The summed E-state index contributed by atoms with van der Waals surface area (Å²) in [4.78, 5) is 0.